The maximum absolute atomic E-state index is 12.9. The normalized spacial score (nSPS) is 12.5. The fraction of sp³-hybridized carbons (Fsp3) is 0.680. The number of unbranched alkanes of at least 4 members (excludes halogenated alkanes) is 9. The van der Waals surface area contributed by atoms with E-state index in [1.165, 1.54) is 52.4 Å². The van der Waals surface area contributed by atoms with Crippen LogP contribution in [0, 0.1) is 5.41 Å². The van der Waals surface area contributed by atoms with Crippen molar-refractivity contribution in [2.45, 2.75) is 89.3 Å². The summed E-state index contributed by atoms with van der Waals surface area (Å²) in [6.45, 7) is 5.02. The van der Waals surface area contributed by atoms with Gasteiger partial charge in [0.15, 0.2) is 5.78 Å². The standard InChI is InChI=1S/C25H40Cl2N2O4S/c1-4-5-6-7-8-9-10-11-12-16-19-34(32,33)28-20-24(2,3)22(30)25(26,27)23(31)29-21-17-14-13-15-18-21/h13-15,17-18,28H,4-12,16,19-20H2,1-3H3,(H,29,31). The number of rotatable bonds is 18. The van der Waals surface area contributed by atoms with Gasteiger partial charge < -0.3 is 5.32 Å². The molecule has 2 N–H and O–H groups in total. The fourth-order valence-corrected chi connectivity index (χ4v) is 5.40. The monoisotopic (exact) mass is 534 g/mol. The summed E-state index contributed by atoms with van der Waals surface area (Å²) < 4.78 is 24.9. The van der Waals surface area contributed by atoms with E-state index in [0.29, 0.717) is 12.1 Å². The Bertz CT molecular complexity index is 859. The molecule has 0 unspecified atom stereocenters. The van der Waals surface area contributed by atoms with Crippen LogP contribution in [0.25, 0.3) is 0 Å². The minimum Gasteiger partial charge on any atom is -0.323 e. The molecule has 0 atom stereocenters. The van der Waals surface area contributed by atoms with E-state index in [1.807, 2.05) is 0 Å². The number of amides is 1. The summed E-state index contributed by atoms with van der Waals surface area (Å²) in [6.07, 6.45) is 11.1. The van der Waals surface area contributed by atoms with Crippen molar-refractivity contribution in [2.24, 2.45) is 5.41 Å². The zero-order valence-electron chi connectivity index (χ0n) is 20.7. The smallest absolute Gasteiger partial charge is 0.268 e. The van der Waals surface area contributed by atoms with E-state index in [1.54, 1.807) is 30.3 Å². The lowest BCUT2D eigenvalue weighted by molar-refractivity contribution is -0.132. The Morgan fingerprint density at radius 1 is 0.853 bits per heavy atom. The Morgan fingerprint density at radius 2 is 1.35 bits per heavy atom. The molecule has 1 aromatic carbocycles. The van der Waals surface area contributed by atoms with Crippen LogP contribution in [0.1, 0.15) is 85.0 Å². The van der Waals surface area contributed by atoms with Crippen LogP contribution in [-0.2, 0) is 19.6 Å². The topological polar surface area (TPSA) is 92.3 Å². The van der Waals surface area contributed by atoms with Gasteiger partial charge in [0.05, 0.1) is 5.75 Å². The van der Waals surface area contributed by atoms with Gasteiger partial charge in [-0.15, -0.1) is 0 Å². The summed E-state index contributed by atoms with van der Waals surface area (Å²) in [4.78, 5) is 25.4. The minimum atomic E-state index is -3.56. The quantitative estimate of drug-likeness (QED) is 0.132. The molecule has 0 bridgehead atoms. The van der Waals surface area contributed by atoms with E-state index in [9.17, 15) is 18.0 Å². The van der Waals surface area contributed by atoms with Crippen molar-refractivity contribution >= 4 is 50.6 Å². The van der Waals surface area contributed by atoms with Crippen LogP contribution >= 0.6 is 23.2 Å². The van der Waals surface area contributed by atoms with E-state index in [0.717, 1.165) is 19.3 Å². The van der Waals surface area contributed by atoms with Crippen LogP contribution in [0.5, 0.6) is 0 Å². The average Bonchev–Trinajstić information content (AvgIpc) is 2.79. The number of hydrogen-bond acceptors (Lipinski definition) is 4. The number of Topliss-reactive ketones (excluding diaryl/α,β-unsaturated/α-hetero) is 1. The van der Waals surface area contributed by atoms with Gasteiger partial charge >= 0.3 is 0 Å². The summed E-state index contributed by atoms with van der Waals surface area (Å²) >= 11 is 12.3. The number of ketones is 1. The lowest BCUT2D eigenvalue weighted by Crippen LogP contribution is -2.50. The van der Waals surface area contributed by atoms with Crippen LogP contribution < -0.4 is 10.0 Å². The number of halogens is 2. The van der Waals surface area contributed by atoms with Gasteiger partial charge in [-0.3, -0.25) is 9.59 Å². The molecule has 0 aliphatic carbocycles. The number of carbonyl (C=O) groups is 2. The molecule has 0 radical (unpaired) electrons. The Hall–Kier alpha value is -1.15. The van der Waals surface area contributed by atoms with Gasteiger partial charge in [-0.25, -0.2) is 13.1 Å². The lowest BCUT2D eigenvalue weighted by atomic mass is 9.86. The zero-order chi connectivity index (χ0) is 25.7. The number of alkyl halides is 2. The van der Waals surface area contributed by atoms with Gasteiger partial charge in [0.2, 0.25) is 10.0 Å². The number of benzene rings is 1. The summed E-state index contributed by atoms with van der Waals surface area (Å²) in [6, 6.07) is 8.49. The zero-order valence-corrected chi connectivity index (χ0v) is 23.0. The third-order valence-corrected chi connectivity index (χ3v) is 7.81. The number of nitrogens with one attached hydrogen (secondary N) is 2. The molecule has 0 aromatic heterocycles. The highest BCUT2D eigenvalue weighted by atomic mass is 35.5. The Labute approximate surface area is 215 Å². The van der Waals surface area contributed by atoms with Crippen LogP contribution in [0.15, 0.2) is 30.3 Å². The number of para-hydroxylation sites is 1. The molecule has 0 aliphatic rings. The SMILES string of the molecule is CCCCCCCCCCCCS(=O)(=O)NCC(C)(C)C(=O)C(Cl)(Cl)C(=O)Nc1ccccc1. The molecule has 0 aliphatic heterocycles. The molecule has 9 heteroatoms. The predicted molar refractivity (Wildman–Crippen MR) is 142 cm³/mol. The van der Waals surface area contributed by atoms with Gasteiger partial charge in [-0.2, -0.15) is 0 Å². The van der Waals surface area contributed by atoms with E-state index in [4.69, 9.17) is 23.2 Å². The van der Waals surface area contributed by atoms with Crippen LogP contribution in [0.4, 0.5) is 5.69 Å². The second-order valence-electron chi connectivity index (χ2n) is 9.43. The third-order valence-electron chi connectivity index (χ3n) is 5.72. The molecule has 6 nitrogen and oxygen atoms in total. The molecule has 34 heavy (non-hydrogen) atoms. The predicted octanol–water partition coefficient (Wildman–Crippen LogP) is 6.23. The first kappa shape index (κ1) is 30.9. The lowest BCUT2D eigenvalue weighted by Gasteiger charge is -2.29. The van der Waals surface area contributed by atoms with E-state index >= 15 is 0 Å². The fourth-order valence-electron chi connectivity index (χ4n) is 3.48. The van der Waals surface area contributed by atoms with Crippen LogP contribution in [0.3, 0.4) is 0 Å². The maximum atomic E-state index is 12.9. The van der Waals surface area contributed by atoms with E-state index in [-0.39, 0.29) is 12.3 Å². The van der Waals surface area contributed by atoms with E-state index < -0.39 is 31.5 Å². The van der Waals surface area contributed by atoms with Gasteiger partial charge in [0.25, 0.3) is 10.2 Å². The Balaban J connectivity index is 2.42. The largest absolute Gasteiger partial charge is 0.323 e. The molecule has 0 saturated heterocycles. The van der Waals surface area contributed by atoms with Gasteiger partial charge in [-0.1, -0.05) is 120 Å². The Kier molecular flexibility index (Phi) is 13.7. The van der Waals surface area contributed by atoms with Gasteiger partial charge in [-0.05, 0) is 18.6 Å². The number of carbonyl (C=O) groups excluding carboxylic acids is 2. The first-order valence-electron chi connectivity index (χ1n) is 12.2. The highest BCUT2D eigenvalue weighted by Gasteiger charge is 2.49. The highest BCUT2D eigenvalue weighted by molar-refractivity contribution is 7.89. The molecular formula is C25H40Cl2N2O4S. The van der Waals surface area contributed by atoms with Crippen molar-refractivity contribution in [2.75, 3.05) is 17.6 Å². The molecule has 194 valence electrons. The van der Waals surface area contributed by atoms with Crippen molar-refractivity contribution in [3.05, 3.63) is 30.3 Å². The second-order valence-corrected chi connectivity index (χ2v) is 12.7. The van der Waals surface area contributed by atoms with Crippen molar-refractivity contribution in [3.8, 4) is 0 Å². The molecule has 0 fully saturated rings. The number of anilines is 1. The second kappa shape index (κ2) is 15.1. The molecule has 1 rings (SSSR count). The number of hydrogen-bond donors (Lipinski definition) is 2. The van der Waals surface area contributed by atoms with Gasteiger partial charge in [0.1, 0.15) is 0 Å². The summed E-state index contributed by atoms with van der Waals surface area (Å²) in [7, 11) is -3.56. The van der Waals surface area contributed by atoms with Crippen LogP contribution in [0.2, 0.25) is 0 Å². The van der Waals surface area contributed by atoms with Crippen molar-refractivity contribution in [1.29, 1.82) is 0 Å². The summed E-state index contributed by atoms with van der Waals surface area (Å²) in [5, 5.41) is 2.51. The Morgan fingerprint density at radius 3 is 1.88 bits per heavy atom. The molecule has 1 amide bonds. The summed E-state index contributed by atoms with van der Waals surface area (Å²) in [5.41, 5.74) is -0.844. The molecule has 0 heterocycles. The maximum Gasteiger partial charge on any atom is 0.268 e. The summed E-state index contributed by atoms with van der Waals surface area (Å²) in [5.74, 6) is -1.67. The highest BCUT2D eigenvalue weighted by Crippen LogP contribution is 2.33. The molecular weight excluding hydrogens is 495 g/mol. The minimum absolute atomic E-state index is 0.00480. The first-order chi connectivity index (χ1) is 15.9. The molecule has 1 aromatic rings. The average molecular weight is 536 g/mol. The molecule has 0 spiro atoms. The van der Waals surface area contributed by atoms with E-state index in [2.05, 4.69) is 17.0 Å². The third kappa shape index (κ3) is 11.5. The number of sulfonamides is 1. The van der Waals surface area contributed by atoms with Crippen molar-refractivity contribution < 1.29 is 18.0 Å². The van der Waals surface area contributed by atoms with Crippen molar-refractivity contribution in [1.82, 2.24) is 4.72 Å². The first-order valence-corrected chi connectivity index (χ1v) is 14.6. The van der Waals surface area contributed by atoms with Gasteiger partial charge in [0, 0.05) is 17.6 Å². The van der Waals surface area contributed by atoms with Crippen LogP contribution in [-0.4, -0.2) is 36.7 Å². The van der Waals surface area contributed by atoms with Crippen molar-refractivity contribution in [3.63, 3.8) is 0 Å². The molecule has 0 saturated carbocycles.